The van der Waals surface area contributed by atoms with E-state index in [1.54, 1.807) is 19.1 Å². The molecule has 0 saturated carbocycles. The molecule has 1 amide bonds. The van der Waals surface area contributed by atoms with Crippen LogP contribution in [0.2, 0.25) is 0 Å². The van der Waals surface area contributed by atoms with Crippen LogP contribution in [0.1, 0.15) is 34.3 Å². The van der Waals surface area contributed by atoms with E-state index in [9.17, 15) is 17.6 Å². The third-order valence-corrected chi connectivity index (χ3v) is 6.99. The largest absolute Gasteiger partial charge is 0.494 e. The smallest absolute Gasteiger partial charge is 0.251 e. The number of hydrogen-bond donors (Lipinski definition) is 2. The lowest BCUT2D eigenvalue weighted by atomic mass is 10.0. The van der Waals surface area contributed by atoms with E-state index in [1.165, 1.54) is 32.4 Å². The van der Waals surface area contributed by atoms with Crippen molar-refractivity contribution in [1.82, 2.24) is 14.9 Å². The molecular weight excluding hydrogens is 421 g/mol. The topological polar surface area (TPSA) is 87.7 Å². The Morgan fingerprint density at radius 1 is 1.19 bits per heavy atom. The van der Waals surface area contributed by atoms with Crippen molar-refractivity contribution in [3.05, 3.63) is 58.9 Å². The molecule has 3 rings (SSSR count). The zero-order valence-electron chi connectivity index (χ0n) is 17.9. The average Bonchev–Trinajstić information content (AvgIpc) is 2.75. The summed E-state index contributed by atoms with van der Waals surface area (Å²) in [5.41, 5.74) is 1.94. The molecule has 1 aliphatic heterocycles. The molecule has 2 N–H and O–H groups in total. The van der Waals surface area contributed by atoms with Gasteiger partial charge >= 0.3 is 0 Å². The Bertz CT molecular complexity index is 1050. The Labute approximate surface area is 182 Å². The maximum Gasteiger partial charge on any atom is 0.251 e. The highest BCUT2D eigenvalue weighted by atomic mass is 32.2. The molecule has 1 aliphatic rings. The number of halogens is 1. The van der Waals surface area contributed by atoms with Crippen molar-refractivity contribution in [2.45, 2.75) is 37.2 Å². The summed E-state index contributed by atoms with van der Waals surface area (Å²) < 4.78 is 45.2. The van der Waals surface area contributed by atoms with Gasteiger partial charge in [-0.3, -0.25) is 9.69 Å². The van der Waals surface area contributed by atoms with Gasteiger partial charge in [0.25, 0.3) is 5.91 Å². The highest BCUT2D eigenvalue weighted by Crippen LogP contribution is 2.21. The number of aryl methyl sites for hydroxylation is 1. The molecule has 9 heteroatoms. The first-order valence-electron chi connectivity index (χ1n) is 10.1. The Hall–Kier alpha value is -2.49. The number of benzene rings is 2. The van der Waals surface area contributed by atoms with Crippen LogP contribution in [-0.4, -0.2) is 52.5 Å². The van der Waals surface area contributed by atoms with E-state index in [-0.39, 0.29) is 28.4 Å². The van der Waals surface area contributed by atoms with Crippen LogP contribution in [0.25, 0.3) is 0 Å². The van der Waals surface area contributed by atoms with Gasteiger partial charge in [-0.25, -0.2) is 17.5 Å². The van der Waals surface area contributed by atoms with Crippen LogP contribution in [0, 0.1) is 12.7 Å². The SMILES string of the molecule is CNS(=O)(=O)c1ccc(C)c(C(=O)NC2CCN(Cc3ccc(OC)c(F)c3)CC2)c1. The highest BCUT2D eigenvalue weighted by Gasteiger charge is 2.23. The summed E-state index contributed by atoms with van der Waals surface area (Å²) in [5.74, 6) is -0.423. The van der Waals surface area contributed by atoms with E-state index >= 15 is 0 Å². The van der Waals surface area contributed by atoms with Crippen molar-refractivity contribution in [3.63, 3.8) is 0 Å². The number of methoxy groups -OCH3 is 1. The van der Waals surface area contributed by atoms with E-state index in [1.807, 2.05) is 6.07 Å². The van der Waals surface area contributed by atoms with Gasteiger partial charge in [0, 0.05) is 31.2 Å². The maximum atomic E-state index is 13.9. The molecule has 1 saturated heterocycles. The van der Waals surface area contributed by atoms with Gasteiger partial charge in [-0.05, 0) is 62.2 Å². The van der Waals surface area contributed by atoms with Crippen LogP contribution in [0.4, 0.5) is 4.39 Å². The molecule has 0 bridgehead atoms. The van der Waals surface area contributed by atoms with Crippen molar-refractivity contribution in [2.24, 2.45) is 0 Å². The molecule has 0 radical (unpaired) electrons. The molecule has 2 aromatic rings. The van der Waals surface area contributed by atoms with Crippen LogP contribution in [0.5, 0.6) is 5.75 Å². The number of nitrogens with one attached hydrogen (secondary N) is 2. The minimum atomic E-state index is -3.62. The van der Waals surface area contributed by atoms with Crippen molar-refractivity contribution in [3.8, 4) is 5.75 Å². The van der Waals surface area contributed by atoms with Gasteiger partial charge in [0.1, 0.15) is 0 Å². The van der Waals surface area contributed by atoms with Gasteiger partial charge in [-0.1, -0.05) is 12.1 Å². The standard InChI is InChI=1S/C22H28FN3O4S/c1-15-4-6-18(31(28,29)24-2)13-19(15)22(27)25-17-8-10-26(11-9-17)14-16-5-7-21(30-3)20(23)12-16/h4-7,12-13,17,24H,8-11,14H2,1-3H3,(H,25,27). The van der Waals surface area contributed by atoms with Crippen LogP contribution >= 0.6 is 0 Å². The fraction of sp³-hybridized carbons (Fsp3) is 0.409. The fourth-order valence-corrected chi connectivity index (χ4v) is 4.45. The number of ether oxygens (including phenoxy) is 1. The molecule has 0 unspecified atom stereocenters. The molecule has 0 spiro atoms. The third-order valence-electron chi connectivity index (χ3n) is 5.58. The molecular formula is C22H28FN3O4S. The summed E-state index contributed by atoms with van der Waals surface area (Å²) in [6, 6.07) is 9.49. The minimum Gasteiger partial charge on any atom is -0.494 e. The summed E-state index contributed by atoms with van der Waals surface area (Å²) in [4.78, 5) is 15.1. The number of carbonyl (C=O) groups is 1. The first-order valence-corrected chi connectivity index (χ1v) is 11.6. The van der Waals surface area contributed by atoms with E-state index in [4.69, 9.17) is 4.74 Å². The number of amides is 1. The quantitative estimate of drug-likeness (QED) is 0.678. The Morgan fingerprint density at radius 2 is 1.90 bits per heavy atom. The van der Waals surface area contributed by atoms with Crippen LogP contribution < -0.4 is 14.8 Å². The highest BCUT2D eigenvalue weighted by molar-refractivity contribution is 7.89. The van der Waals surface area contributed by atoms with Crippen LogP contribution in [0.15, 0.2) is 41.3 Å². The summed E-state index contributed by atoms with van der Waals surface area (Å²) in [6.45, 7) is 3.95. The van der Waals surface area contributed by atoms with Crippen molar-refractivity contribution < 1.29 is 22.3 Å². The zero-order valence-corrected chi connectivity index (χ0v) is 18.8. The molecule has 0 aliphatic carbocycles. The first-order chi connectivity index (χ1) is 14.7. The number of carbonyl (C=O) groups excluding carboxylic acids is 1. The second kappa shape index (κ2) is 9.76. The summed E-state index contributed by atoms with van der Waals surface area (Å²) in [6.07, 6.45) is 1.52. The predicted octanol–water partition coefficient (Wildman–Crippen LogP) is 2.45. The summed E-state index contributed by atoms with van der Waals surface area (Å²) in [5, 5.41) is 3.02. The second-order valence-corrected chi connectivity index (χ2v) is 9.56. The number of likely N-dealkylation sites (tertiary alicyclic amines) is 1. The molecule has 2 aromatic carbocycles. The monoisotopic (exact) mass is 449 g/mol. The van der Waals surface area contributed by atoms with E-state index < -0.39 is 10.0 Å². The van der Waals surface area contributed by atoms with Gasteiger partial charge in [0.2, 0.25) is 10.0 Å². The van der Waals surface area contributed by atoms with Crippen molar-refractivity contribution in [2.75, 3.05) is 27.2 Å². The van der Waals surface area contributed by atoms with Gasteiger partial charge in [-0.15, -0.1) is 0 Å². The third kappa shape index (κ3) is 5.61. The lowest BCUT2D eigenvalue weighted by Gasteiger charge is -2.32. The van der Waals surface area contributed by atoms with Crippen LogP contribution in [-0.2, 0) is 16.6 Å². The number of nitrogens with zero attached hydrogens (tertiary/aromatic N) is 1. The van der Waals surface area contributed by atoms with Crippen LogP contribution in [0.3, 0.4) is 0 Å². The maximum absolute atomic E-state index is 13.9. The van der Waals surface area contributed by atoms with Gasteiger partial charge in [-0.2, -0.15) is 0 Å². The number of piperidine rings is 1. The van der Waals surface area contributed by atoms with Gasteiger partial charge < -0.3 is 10.1 Å². The molecule has 1 heterocycles. The second-order valence-electron chi connectivity index (χ2n) is 7.68. The van der Waals surface area contributed by atoms with Gasteiger partial charge in [0.05, 0.1) is 12.0 Å². The molecule has 0 atom stereocenters. The summed E-state index contributed by atoms with van der Waals surface area (Å²) >= 11 is 0. The molecule has 0 aromatic heterocycles. The average molecular weight is 450 g/mol. The lowest BCUT2D eigenvalue weighted by Crippen LogP contribution is -2.44. The molecule has 168 valence electrons. The van der Waals surface area contributed by atoms with E-state index in [0.29, 0.717) is 17.7 Å². The fourth-order valence-electron chi connectivity index (χ4n) is 3.70. The summed E-state index contributed by atoms with van der Waals surface area (Å²) in [7, 11) is -0.845. The van der Waals surface area contributed by atoms with Crippen molar-refractivity contribution in [1.29, 1.82) is 0 Å². The normalized spacial score (nSPS) is 15.6. The minimum absolute atomic E-state index is 0.000293. The Kier molecular flexibility index (Phi) is 7.30. The lowest BCUT2D eigenvalue weighted by molar-refractivity contribution is 0.0908. The van der Waals surface area contributed by atoms with E-state index in [2.05, 4.69) is 14.9 Å². The Morgan fingerprint density at radius 3 is 2.52 bits per heavy atom. The molecule has 31 heavy (non-hydrogen) atoms. The van der Waals surface area contributed by atoms with Gasteiger partial charge in [0.15, 0.2) is 11.6 Å². The zero-order chi connectivity index (χ0) is 22.6. The number of rotatable bonds is 7. The Balaban J connectivity index is 1.58. The molecule has 1 fully saturated rings. The molecule has 7 nitrogen and oxygen atoms in total. The van der Waals surface area contributed by atoms with Crippen molar-refractivity contribution >= 4 is 15.9 Å². The first kappa shape index (κ1) is 23.2. The predicted molar refractivity (Wildman–Crippen MR) is 116 cm³/mol. The number of hydrogen-bond acceptors (Lipinski definition) is 5. The number of sulfonamides is 1. The van der Waals surface area contributed by atoms with E-state index in [0.717, 1.165) is 31.5 Å².